The molecule has 0 N–H and O–H groups in total. The molecule has 1 saturated heterocycles. The molecule has 154 valence electrons. The lowest BCUT2D eigenvalue weighted by Crippen LogP contribution is -2.40. The van der Waals surface area contributed by atoms with Gasteiger partial charge in [0.15, 0.2) is 0 Å². The Morgan fingerprint density at radius 1 is 1.13 bits per heavy atom. The number of aromatic nitrogens is 2. The van der Waals surface area contributed by atoms with Crippen LogP contribution in [0.15, 0.2) is 60.9 Å². The van der Waals surface area contributed by atoms with Gasteiger partial charge in [-0.3, -0.25) is 14.8 Å². The van der Waals surface area contributed by atoms with Crippen LogP contribution in [-0.2, 0) is 11.2 Å². The van der Waals surface area contributed by atoms with E-state index < -0.39 is 0 Å². The number of halogens is 1. The highest BCUT2D eigenvalue weighted by molar-refractivity contribution is 5.79. The zero-order valence-corrected chi connectivity index (χ0v) is 16.9. The first-order chi connectivity index (χ1) is 14.7. The molecule has 6 heteroatoms. The average molecular weight is 405 g/mol. The fourth-order valence-electron chi connectivity index (χ4n) is 4.01. The van der Waals surface area contributed by atoms with Gasteiger partial charge in [-0.1, -0.05) is 24.3 Å². The maximum absolute atomic E-state index is 13.1. The monoisotopic (exact) mass is 405 g/mol. The summed E-state index contributed by atoms with van der Waals surface area (Å²) in [4.78, 5) is 24.0. The van der Waals surface area contributed by atoms with Crippen LogP contribution >= 0.6 is 0 Å². The quantitative estimate of drug-likeness (QED) is 0.637. The van der Waals surface area contributed by atoms with Crippen LogP contribution in [0.2, 0.25) is 0 Å². The van der Waals surface area contributed by atoms with Crippen molar-refractivity contribution in [3.63, 3.8) is 0 Å². The fourth-order valence-corrected chi connectivity index (χ4v) is 4.01. The van der Waals surface area contributed by atoms with Gasteiger partial charge in [0.2, 0.25) is 5.91 Å². The Kier molecular flexibility index (Phi) is 6.02. The van der Waals surface area contributed by atoms with Crippen molar-refractivity contribution < 1.29 is 13.9 Å². The third-order valence-electron chi connectivity index (χ3n) is 5.52. The molecule has 1 fully saturated rings. The molecule has 5 nitrogen and oxygen atoms in total. The number of nitrogens with zero attached hydrogens (tertiary/aromatic N) is 3. The molecule has 0 saturated carbocycles. The van der Waals surface area contributed by atoms with Gasteiger partial charge in [0.05, 0.1) is 24.9 Å². The lowest BCUT2D eigenvalue weighted by molar-refractivity contribution is -0.131. The number of ether oxygens (including phenoxy) is 1. The van der Waals surface area contributed by atoms with Crippen molar-refractivity contribution in [3.8, 4) is 17.0 Å². The lowest BCUT2D eigenvalue weighted by atomic mass is 9.91. The first-order valence-corrected chi connectivity index (χ1v) is 10.1. The Bertz CT molecular complexity index is 1020. The summed E-state index contributed by atoms with van der Waals surface area (Å²) in [5.74, 6) is 0.605. The normalized spacial score (nSPS) is 16.3. The van der Waals surface area contributed by atoms with Crippen LogP contribution in [0.4, 0.5) is 4.39 Å². The minimum absolute atomic E-state index is 0.0500. The second-order valence-corrected chi connectivity index (χ2v) is 7.47. The van der Waals surface area contributed by atoms with Crippen LogP contribution < -0.4 is 4.74 Å². The summed E-state index contributed by atoms with van der Waals surface area (Å²) in [7, 11) is 1.64. The number of benzene rings is 2. The van der Waals surface area contributed by atoms with Crippen LogP contribution in [0, 0.1) is 5.82 Å². The maximum Gasteiger partial charge on any atom is 0.227 e. The number of carbonyl (C=O) groups is 1. The van der Waals surface area contributed by atoms with Crippen LogP contribution in [0.25, 0.3) is 11.3 Å². The van der Waals surface area contributed by atoms with Gasteiger partial charge in [-0.2, -0.15) is 0 Å². The van der Waals surface area contributed by atoms with Gasteiger partial charge < -0.3 is 9.64 Å². The number of piperidine rings is 1. The number of hydrogen-bond acceptors (Lipinski definition) is 4. The molecule has 0 bridgehead atoms. The molecule has 1 aliphatic heterocycles. The smallest absolute Gasteiger partial charge is 0.227 e. The van der Waals surface area contributed by atoms with E-state index in [2.05, 4.69) is 9.97 Å². The number of para-hydroxylation sites is 1. The average Bonchev–Trinajstić information content (AvgIpc) is 2.80. The molecule has 0 spiro atoms. The Hall–Kier alpha value is -3.28. The summed E-state index contributed by atoms with van der Waals surface area (Å²) in [5, 5.41) is 0. The number of rotatable bonds is 5. The second kappa shape index (κ2) is 9.03. The summed E-state index contributed by atoms with van der Waals surface area (Å²) in [6.07, 6.45) is 5.51. The van der Waals surface area contributed by atoms with Crippen molar-refractivity contribution in [3.05, 3.63) is 78.0 Å². The number of hydrogen-bond donors (Lipinski definition) is 0. The van der Waals surface area contributed by atoms with E-state index >= 15 is 0 Å². The standard InChI is InChI=1S/C24H24FN3O2/c1-30-21-7-3-2-6-20(21)24-23(26-12-13-27-24)18-5-4-14-28(16-18)22(29)15-17-8-10-19(25)11-9-17/h2-3,6-13,18H,4-5,14-16H2,1H3/t18-/m1/s1. The zero-order chi connectivity index (χ0) is 20.9. The second-order valence-electron chi connectivity index (χ2n) is 7.47. The van der Waals surface area contributed by atoms with E-state index in [-0.39, 0.29) is 24.1 Å². The van der Waals surface area contributed by atoms with E-state index in [0.717, 1.165) is 47.7 Å². The molecule has 0 aliphatic carbocycles. The van der Waals surface area contributed by atoms with Crippen LogP contribution in [0.5, 0.6) is 5.75 Å². The first-order valence-electron chi connectivity index (χ1n) is 10.1. The van der Waals surface area contributed by atoms with Gasteiger partial charge in [-0.25, -0.2) is 4.39 Å². The zero-order valence-electron chi connectivity index (χ0n) is 16.9. The molecule has 1 aromatic heterocycles. The largest absolute Gasteiger partial charge is 0.496 e. The van der Waals surface area contributed by atoms with E-state index in [4.69, 9.17) is 4.74 Å². The third-order valence-corrected chi connectivity index (χ3v) is 5.52. The van der Waals surface area contributed by atoms with Gasteiger partial charge in [-0.15, -0.1) is 0 Å². The Balaban J connectivity index is 1.55. The molecule has 4 rings (SSSR count). The van der Waals surface area contributed by atoms with Crippen molar-refractivity contribution in [2.45, 2.75) is 25.2 Å². The summed E-state index contributed by atoms with van der Waals surface area (Å²) < 4.78 is 18.6. The molecule has 2 aromatic carbocycles. The van der Waals surface area contributed by atoms with E-state index in [9.17, 15) is 9.18 Å². The summed E-state index contributed by atoms with van der Waals surface area (Å²) in [6.45, 7) is 1.32. The molecule has 1 amide bonds. The number of likely N-dealkylation sites (tertiary alicyclic amines) is 1. The third kappa shape index (κ3) is 4.32. The predicted octanol–water partition coefficient (Wildman–Crippen LogP) is 4.24. The van der Waals surface area contributed by atoms with Crippen LogP contribution in [0.1, 0.15) is 30.0 Å². The number of amides is 1. The summed E-state index contributed by atoms with van der Waals surface area (Å²) in [6, 6.07) is 13.9. The first kappa shape index (κ1) is 20.0. The Morgan fingerprint density at radius 2 is 1.90 bits per heavy atom. The highest BCUT2D eigenvalue weighted by Gasteiger charge is 2.28. The molecule has 3 aromatic rings. The molecular weight excluding hydrogens is 381 g/mol. The minimum Gasteiger partial charge on any atom is -0.496 e. The summed E-state index contributed by atoms with van der Waals surface area (Å²) in [5.41, 5.74) is 3.41. The molecule has 30 heavy (non-hydrogen) atoms. The predicted molar refractivity (Wildman–Crippen MR) is 113 cm³/mol. The van der Waals surface area contributed by atoms with Gasteiger partial charge in [0.25, 0.3) is 0 Å². The van der Waals surface area contributed by atoms with Gasteiger partial charge in [-0.05, 0) is 42.7 Å². The maximum atomic E-state index is 13.1. The molecule has 2 heterocycles. The highest BCUT2D eigenvalue weighted by Crippen LogP contribution is 2.35. The minimum atomic E-state index is -0.296. The van der Waals surface area contributed by atoms with Gasteiger partial charge in [0.1, 0.15) is 11.6 Å². The van der Waals surface area contributed by atoms with Crippen molar-refractivity contribution in [1.82, 2.24) is 14.9 Å². The van der Waals surface area contributed by atoms with E-state index in [1.54, 1.807) is 31.6 Å². The van der Waals surface area contributed by atoms with E-state index in [1.807, 2.05) is 29.2 Å². The van der Waals surface area contributed by atoms with Crippen LogP contribution in [0.3, 0.4) is 0 Å². The molecule has 0 unspecified atom stereocenters. The number of carbonyl (C=O) groups excluding carboxylic acids is 1. The van der Waals surface area contributed by atoms with Gasteiger partial charge in [0, 0.05) is 37.0 Å². The van der Waals surface area contributed by atoms with Gasteiger partial charge >= 0.3 is 0 Å². The SMILES string of the molecule is COc1ccccc1-c1nccnc1[C@@H]1CCCN(C(=O)Cc2ccc(F)cc2)C1. The molecule has 1 aliphatic rings. The molecule has 1 atom stereocenters. The number of methoxy groups -OCH3 is 1. The van der Waals surface area contributed by atoms with Crippen molar-refractivity contribution in [2.75, 3.05) is 20.2 Å². The topological polar surface area (TPSA) is 55.3 Å². The Labute approximate surface area is 175 Å². The molecular formula is C24H24FN3O2. The van der Waals surface area contributed by atoms with Crippen molar-refractivity contribution >= 4 is 5.91 Å². The molecule has 0 radical (unpaired) electrons. The van der Waals surface area contributed by atoms with E-state index in [0.29, 0.717) is 6.54 Å². The lowest BCUT2D eigenvalue weighted by Gasteiger charge is -2.33. The van der Waals surface area contributed by atoms with Crippen molar-refractivity contribution in [1.29, 1.82) is 0 Å². The van der Waals surface area contributed by atoms with Crippen LogP contribution in [-0.4, -0.2) is 41.0 Å². The summed E-state index contributed by atoms with van der Waals surface area (Å²) >= 11 is 0. The fraction of sp³-hybridized carbons (Fsp3) is 0.292. The Morgan fingerprint density at radius 3 is 2.70 bits per heavy atom. The van der Waals surface area contributed by atoms with E-state index in [1.165, 1.54) is 12.1 Å². The highest BCUT2D eigenvalue weighted by atomic mass is 19.1. The van der Waals surface area contributed by atoms with Crippen molar-refractivity contribution in [2.24, 2.45) is 0 Å².